The molecule has 2 N–H and O–H groups in total. The lowest BCUT2D eigenvalue weighted by molar-refractivity contribution is 0.0266. The van der Waals surface area contributed by atoms with E-state index in [1.165, 1.54) is 0 Å². The van der Waals surface area contributed by atoms with Crippen LogP contribution in [0.25, 0.3) is 0 Å². The molecule has 7 heteroatoms. The molecule has 1 fully saturated rings. The minimum absolute atomic E-state index is 0.0340. The Bertz CT molecular complexity index is 783. The van der Waals surface area contributed by atoms with E-state index in [-0.39, 0.29) is 18.0 Å². The zero-order valence-corrected chi connectivity index (χ0v) is 15.5. The van der Waals surface area contributed by atoms with E-state index in [2.05, 4.69) is 23.7 Å². The summed E-state index contributed by atoms with van der Waals surface area (Å²) in [5.74, 6) is -0.557. The smallest absolute Gasteiger partial charge is 0.274 e. The summed E-state index contributed by atoms with van der Waals surface area (Å²) in [6, 6.07) is 12.9. The van der Waals surface area contributed by atoms with E-state index >= 15 is 0 Å². The number of piperazine rings is 1. The van der Waals surface area contributed by atoms with Gasteiger partial charge in [-0.2, -0.15) is 0 Å². The number of rotatable bonds is 4. The summed E-state index contributed by atoms with van der Waals surface area (Å²) < 4.78 is 0. The van der Waals surface area contributed by atoms with Crippen LogP contribution in [-0.4, -0.2) is 57.0 Å². The van der Waals surface area contributed by atoms with Crippen molar-refractivity contribution in [2.75, 3.05) is 13.1 Å². The molecule has 1 saturated heterocycles. The Morgan fingerprint density at radius 1 is 1.11 bits per heavy atom. The molecule has 27 heavy (non-hydrogen) atoms. The van der Waals surface area contributed by atoms with Gasteiger partial charge in [-0.1, -0.05) is 18.2 Å². The molecule has 2 heterocycles. The molecular weight excluding hydrogens is 344 g/mol. The standard InChI is InChI=1S/C20H24N4O3/c1-14-11-23(20(26)18-5-3-4-10-21-18)12-15(2)24(14)13-16-6-8-17(9-7-16)19(25)22-27/h3-10,14-15,27H,11-13H2,1-2H3,(H,22,25). The summed E-state index contributed by atoms with van der Waals surface area (Å²) in [5, 5.41) is 8.70. The topological polar surface area (TPSA) is 85.8 Å². The Morgan fingerprint density at radius 2 is 1.78 bits per heavy atom. The summed E-state index contributed by atoms with van der Waals surface area (Å²) in [5.41, 5.74) is 3.60. The fourth-order valence-corrected chi connectivity index (χ4v) is 3.52. The highest BCUT2D eigenvalue weighted by Gasteiger charge is 2.32. The second-order valence-corrected chi connectivity index (χ2v) is 6.93. The number of carbonyl (C=O) groups excluding carboxylic acids is 2. The maximum atomic E-state index is 12.7. The maximum Gasteiger partial charge on any atom is 0.274 e. The second kappa shape index (κ2) is 8.28. The van der Waals surface area contributed by atoms with Gasteiger partial charge >= 0.3 is 0 Å². The predicted octanol–water partition coefficient (Wildman–Crippen LogP) is 1.94. The SMILES string of the molecule is CC1CN(C(=O)c2ccccn2)CC(C)N1Cc1ccc(C(=O)NO)cc1. The van der Waals surface area contributed by atoms with Gasteiger partial charge in [0, 0.05) is 43.5 Å². The van der Waals surface area contributed by atoms with Crippen LogP contribution in [0.4, 0.5) is 0 Å². The Labute approximate surface area is 158 Å². The fourth-order valence-electron chi connectivity index (χ4n) is 3.52. The summed E-state index contributed by atoms with van der Waals surface area (Å²) >= 11 is 0. The first-order chi connectivity index (χ1) is 13.0. The van der Waals surface area contributed by atoms with Crippen LogP contribution in [-0.2, 0) is 6.54 Å². The minimum Gasteiger partial charge on any atom is -0.334 e. The van der Waals surface area contributed by atoms with Crippen LogP contribution in [0, 0.1) is 0 Å². The normalized spacial score (nSPS) is 20.3. The zero-order chi connectivity index (χ0) is 19.4. The Balaban J connectivity index is 1.65. The number of pyridine rings is 1. The van der Waals surface area contributed by atoms with Crippen LogP contribution in [0.5, 0.6) is 0 Å². The predicted molar refractivity (Wildman–Crippen MR) is 100 cm³/mol. The third kappa shape index (κ3) is 4.32. The molecule has 2 unspecified atom stereocenters. The van der Waals surface area contributed by atoms with Gasteiger partial charge in [-0.05, 0) is 43.7 Å². The van der Waals surface area contributed by atoms with E-state index in [9.17, 15) is 9.59 Å². The van der Waals surface area contributed by atoms with E-state index in [0.717, 1.165) is 12.1 Å². The lowest BCUT2D eigenvalue weighted by Gasteiger charge is -2.44. The molecule has 1 aliphatic heterocycles. The van der Waals surface area contributed by atoms with Crippen LogP contribution < -0.4 is 5.48 Å². The molecule has 0 bridgehead atoms. The average Bonchev–Trinajstić information content (AvgIpc) is 2.70. The number of hydrogen-bond donors (Lipinski definition) is 2. The van der Waals surface area contributed by atoms with Crippen LogP contribution in [0.1, 0.15) is 40.3 Å². The zero-order valence-electron chi connectivity index (χ0n) is 15.5. The largest absolute Gasteiger partial charge is 0.334 e. The Kier molecular flexibility index (Phi) is 5.83. The minimum atomic E-state index is -0.523. The van der Waals surface area contributed by atoms with Crippen LogP contribution in [0.15, 0.2) is 48.7 Å². The van der Waals surface area contributed by atoms with E-state index in [1.54, 1.807) is 35.9 Å². The molecule has 1 aliphatic rings. The van der Waals surface area contributed by atoms with Crippen molar-refractivity contribution in [2.45, 2.75) is 32.5 Å². The molecule has 0 spiro atoms. The number of nitrogens with one attached hydrogen (secondary N) is 1. The van der Waals surface area contributed by atoms with Crippen LogP contribution >= 0.6 is 0 Å². The highest BCUT2D eigenvalue weighted by atomic mass is 16.5. The number of hydrogen-bond acceptors (Lipinski definition) is 5. The van der Waals surface area contributed by atoms with Gasteiger partial charge in [0.1, 0.15) is 5.69 Å². The quantitative estimate of drug-likeness (QED) is 0.636. The van der Waals surface area contributed by atoms with Gasteiger partial charge in [0.2, 0.25) is 0 Å². The number of hydroxylamine groups is 1. The van der Waals surface area contributed by atoms with Crippen LogP contribution in [0.3, 0.4) is 0 Å². The van der Waals surface area contributed by atoms with E-state index in [1.807, 2.05) is 23.1 Å². The molecule has 1 aromatic carbocycles. The molecule has 3 rings (SSSR count). The molecule has 2 amide bonds. The molecule has 0 saturated carbocycles. The Hall–Kier alpha value is -2.77. The second-order valence-electron chi connectivity index (χ2n) is 6.93. The third-order valence-electron chi connectivity index (χ3n) is 4.96. The van der Waals surface area contributed by atoms with Crippen molar-refractivity contribution in [1.82, 2.24) is 20.3 Å². The van der Waals surface area contributed by atoms with Crippen molar-refractivity contribution in [1.29, 1.82) is 0 Å². The molecular formula is C20H24N4O3. The first-order valence-electron chi connectivity index (χ1n) is 8.99. The van der Waals surface area contributed by atoms with Gasteiger partial charge in [-0.25, -0.2) is 5.48 Å². The van der Waals surface area contributed by atoms with Crippen molar-refractivity contribution in [3.8, 4) is 0 Å². The Morgan fingerprint density at radius 3 is 2.33 bits per heavy atom. The first kappa shape index (κ1) is 19.0. The maximum absolute atomic E-state index is 12.7. The van der Waals surface area contributed by atoms with Gasteiger partial charge in [-0.3, -0.25) is 24.7 Å². The van der Waals surface area contributed by atoms with Crippen molar-refractivity contribution in [2.24, 2.45) is 0 Å². The fraction of sp³-hybridized carbons (Fsp3) is 0.350. The van der Waals surface area contributed by atoms with Gasteiger partial charge < -0.3 is 4.90 Å². The van der Waals surface area contributed by atoms with Gasteiger partial charge in [0.25, 0.3) is 11.8 Å². The lowest BCUT2D eigenvalue weighted by atomic mass is 10.0. The highest BCUT2D eigenvalue weighted by Crippen LogP contribution is 2.20. The number of nitrogens with zero attached hydrogens (tertiary/aromatic N) is 3. The molecule has 7 nitrogen and oxygen atoms in total. The van der Waals surface area contributed by atoms with Gasteiger partial charge in [0.05, 0.1) is 0 Å². The van der Waals surface area contributed by atoms with Crippen molar-refractivity contribution in [3.63, 3.8) is 0 Å². The first-order valence-corrected chi connectivity index (χ1v) is 8.99. The molecule has 2 atom stereocenters. The number of benzene rings is 1. The molecule has 0 radical (unpaired) electrons. The molecule has 142 valence electrons. The van der Waals surface area contributed by atoms with Crippen molar-refractivity contribution < 1.29 is 14.8 Å². The monoisotopic (exact) mass is 368 g/mol. The number of aromatic nitrogens is 1. The van der Waals surface area contributed by atoms with Gasteiger partial charge in [0.15, 0.2) is 0 Å². The summed E-state index contributed by atoms with van der Waals surface area (Å²) in [6.07, 6.45) is 1.64. The van der Waals surface area contributed by atoms with E-state index in [0.29, 0.717) is 24.3 Å². The van der Waals surface area contributed by atoms with Gasteiger partial charge in [-0.15, -0.1) is 0 Å². The lowest BCUT2D eigenvalue weighted by Crippen LogP contribution is -2.57. The third-order valence-corrected chi connectivity index (χ3v) is 4.96. The van der Waals surface area contributed by atoms with Crippen molar-refractivity contribution in [3.05, 3.63) is 65.5 Å². The summed E-state index contributed by atoms with van der Waals surface area (Å²) in [6.45, 7) is 6.24. The number of carbonyl (C=O) groups is 2. The average molecular weight is 368 g/mol. The highest BCUT2D eigenvalue weighted by molar-refractivity contribution is 5.93. The molecule has 2 aromatic rings. The van der Waals surface area contributed by atoms with E-state index in [4.69, 9.17) is 5.21 Å². The van der Waals surface area contributed by atoms with E-state index < -0.39 is 5.91 Å². The van der Waals surface area contributed by atoms with Crippen LogP contribution in [0.2, 0.25) is 0 Å². The number of amides is 2. The molecule has 1 aromatic heterocycles. The molecule has 0 aliphatic carbocycles. The van der Waals surface area contributed by atoms with Crippen molar-refractivity contribution >= 4 is 11.8 Å². The summed E-state index contributed by atoms with van der Waals surface area (Å²) in [4.78, 5) is 32.5. The summed E-state index contributed by atoms with van der Waals surface area (Å²) in [7, 11) is 0.